The third-order valence-electron chi connectivity index (χ3n) is 4.51. The first-order chi connectivity index (χ1) is 13.5. The van der Waals surface area contributed by atoms with Gasteiger partial charge in [0.2, 0.25) is 0 Å². The van der Waals surface area contributed by atoms with Crippen LogP contribution in [0, 0.1) is 18.6 Å². The van der Waals surface area contributed by atoms with Gasteiger partial charge in [0.25, 0.3) is 0 Å². The number of esters is 1. The molecule has 0 amide bonds. The number of ether oxygens (including phenoxy) is 1. The molecule has 3 rings (SSSR count). The van der Waals surface area contributed by atoms with Gasteiger partial charge in [0.05, 0.1) is 12.7 Å². The Morgan fingerprint density at radius 2 is 1.57 bits per heavy atom. The number of carbonyl (C=O) groups excluding carboxylic acids is 1. The summed E-state index contributed by atoms with van der Waals surface area (Å²) in [7, 11) is 1.36. The van der Waals surface area contributed by atoms with Crippen LogP contribution in [0.3, 0.4) is 0 Å². The number of halogens is 2. The summed E-state index contributed by atoms with van der Waals surface area (Å²) in [5, 5.41) is 3.18. The van der Waals surface area contributed by atoms with E-state index in [4.69, 9.17) is 4.74 Å². The molecule has 0 unspecified atom stereocenters. The predicted molar refractivity (Wildman–Crippen MR) is 105 cm³/mol. The fraction of sp³-hybridized carbons (Fsp3) is 0.174. The van der Waals surface area contributed by atoms with Crippen molar-refractivity contribution in [1.29, 1.82) is 0 Å². The number of nitrogens with one attached hydrogen (secondary N) is 1. The molecule has 0 atom stereocenters. The zero-order chi connectivity index (χ0) is 20.1. The van der Waals surface area contributed by atoms with Crippen molar-refractivity contribution in [2.24, 2.45) is 0 Å². The average molecular weight is 381 g/mol. The number of rotatable bonds is 6. The van der Waals surface area contributed by atoms with Crippen LogP contribution in [0.15, 0.2) is 60.7 Å². The molecule has 0 aliphatic rings. The number of hydrogen-bond donors (Lipinski definition) is 1. The lowest BCUT2D eigenvalue weighted by molar-refractivity contribution is 0.0601. The first-order valence-electron chi connectivity index (χ1n) is 8.91. The maximum Gasteiger partial charge on any atom is 0.338 e. The van der Waals surface area contributed by atoms with E-state index in [0.717, 1.165) is 28.3 Å². The van der Waals surface area contributed by atoms with Gasteiger partial charge >= 0.3 is 5.97 Å². The molecule has 0 radical (unpaired) electrons. The second kappa shape index (κ2) is 8.76. The Kier molecular flexibility index (Phi) is 6.16. The zero-order valence-corrected chi connectivity index (χ0v) is 15.8. The summed E-state index contributed by atoms with van der Waals surface area (Å²) in [6, 6.07) is 16.8. The highest BCUT2D eigenvalue weighted by molar-refractivity contribution is 5.97. The monoisotopic (exact) mass is 381 g/mol. The van der Waals surface area contributed by atoms with Gasteiger partial charge in [-0.2, -0.15) is 0 Å². The number of benzene rings is 3. The highest BCUT2D eigenvalue weighted by atomic mass is 19.1. The number of methoxy groups -OCH3 is 1. The molecule has 3 aromatic rings. The van der Waals surface area contributed by atoms with Crippen molar-refractivity contribution in [3.05, 3.63) is 94.6 Å². The van der Waals surface area contributed by atoms with Gasteiger partial charge in [-0.25, -0.2) is 13.6 Å². The molecule has 1 N–H and O–H groups in total. The molecule has 3 nitrogen and oxygen atoms in total. The van der Waals surface area contributed by atoms with Crippen molar-refractivity contribution in [1.82, 2.24) is 5.32 Å². The fourth-order valence-electron chi connectivity index (χ4n) is 3.15. The van der Waals surface area contributed by atoms with Gasteiger partial charge in [-0.05, 0) is 59.0 Å². The fourth-order valence-corrected chi connectivity index (χ4v) is 3.15. The van der Waals surface area contributed by atoms with Crippen molar-refractivity contribution in [2.45, 2.75) is 20.0 Å². The molecule has 28 heavy (non-hydrogen) atoms. The molecule has 0 heterocycles. The van der Waals surface area contributed by atoms with Gasteiger partial charge in [-0.3, -0.25) is 0 Å². The van der Waals surface area contributed by atoms with E-state index in [-0.39, 0.29) is 0 Å². The Hall–Kier alpha value is -3.05. The molecule has 144 valence electrons. The molecule has 0 saturated heterocycles. The lowest BCUT2D eigenvalue weighted by atomic mass is 9.94. The summed E-state index contributed by atoms with van der Waals surface area (Å²) >= 11 is 0. The summed E-state index contributed by atoms with van der Waals surface area (Å²) in [5.41, 5.74) is 4.77. The van der Waals surface area contributed by atoms with E-state index in [1.165, 1.54) is 19.2 Å². The molecule has 0 aromatic heterocycles. The highest BCUT2D eigenvalue weighted by Crippen LogP contribution is 2.28. The van der Waals surface area contributed by atoms with Gasteiger partial charge in [0.1, 0.15) is 11.6 Å². The van der Waals surface area contributed by atoms with Crippen LogP contribution in [0.1, 0.15) is 27.0 Å². The molecule has 0 spiro atoms. The summed E-state index contributed by atoms with van der Waals surface area (Å²) in [4.78, 5) is 12.2. The minimum absolute atomic E-state index is 0.327. The first-order valence-corrected chi connectivity index (χ1v) is 8.91. The molecule has 0 bridgehead atoms. The Morgan fingerprint density at radius 3 is 2.25 bits per heavy atom. The lowest BCUT2D eigenvalue weighted by Crippen LogP contribution is -2.14. The van der Waals surface area contributed by atoms with Gasteiger partial charge in [0.15, 0.2) is 0 Å². The van der Waals surface area contributed by atoms with Crippen molar-refractivity contribution in [3.8, 4) is 11.1 Å². The quantitative estimate of drug-likeness (QED) is 0.610. The maximum atomic E-state index is 13.3. The SMILES string of the molecule is COC(=O)c1ccc(CNCc2cc(F)cc(F)c2)cc1-c1ccccc1C. The smallest absolute Gasteiger partial charge is 0.338 e. The van der Waals surface area contributed by atoms with Crippen LogP contribution in [0.25, 0.3) is 11.1 Å². The minimum atomic E-state index is -0.596. The van der Waals surface area contributed by atoms with Gasteiger partial charge in [-0.15, -0.1) is 0 Å². The Labute approximate surface area is 163 Å². The topological polar surface area (TPSA) is 38.3 Å². The van der Waals surface area contributed by atoms with Crippen LogP contribution in [0.2, 0.25) is 0 Å². The Bertz CT molecular complexity index is 981. The average Bonchev–Trinajstić information content (AvgIpc) is 2.67. The number of aryl methyl sites for hydroxylation is 1. The summed E-state index contributed by atoms with van der Waals surface area (Å²) in [6.07, 6.45) is 0. The molecule has 0 fully saturated rings. The van der Waals surface area contributed by atoms with E-state index in [1.807, 2.05) is 43.3 Å². The standard InChI is InChI=1S/C23H21F2NO2/c1-15-5-3-4-6-20(15)22-11-16(7-8-21(22)23(27)28-2)13-26-14-17-9-18(24)12-19(25)10-17/h3-12,26H,13-14H2,1-2H3. The van der Waals surface area contributed by atoms with Gasteiger partial charge < -0.3 is 10.1 Å². The van der Waals surface area contributed by atoms with E-state index in [1.54, 1.807) is 6.07 Å². The van der Waals surface area contributed by atoms with E-state index in [0.29, 0.717) is 24.2 Å². The molecular formula is C23H21F2NO2. The second-order valence-corrected chi connectivity index (χ2v) is 6.57. The molecule has 5 heteroatoms. The molecular weight excluding hydrogens is 360 g/mol. The summed E-state index contributed by atoms with van der Waals surface area (Å²) < 4.78 is 31.5. The largest absolute Gasteiger partial charge is 0.465 e. The number of carbonyl (C=O) groups is 1. The maximum absolute atomic E-state index is 13.3. The normalized spacial score (nSPS) is 10.7. The Balaban J connectivity index is 1.83. The predicted octanol–water partition coefficient (Wildman–Crippen LogP) is 5.02. The molecule has 0 aliphatic heterocycles. The van der Waals surface area contributed by atoms with Crippen LogP contribution in [-0.2, 0) is 17.8 Å². The van der Waals surface area contributed by atoms with Crippen molar-refractivity contribution in [3.63, 3.8) is 0 Å². The molecule has 0 saturated carbocycles. The third-order valence-corrected chi connectivity index (χ3v) is 4.51. The van der Waals surface area contributed by atoms with Gasteiger partial charge in [0, 0.05) is 19.2 Å². The lowest BCUT2D eigenvalue weighted by Gasteiger charge is -2.13. The van der Waals surface area contributed by atoms with Crippen molar-refractivity contribution in [2.75, 3.05) is 7.11 Å². The first kappa shape index (κ1) is 19.7. The minimum Gasteiger partial charge on any atom is -0.465 e. The second-order valence-electron chi connectivity index (χ2n) is 6.57. The van der Waals surface area contributed by atoms with E-state index < -0.39 is 17.6 Å². The van der Waals surface area contributed by atoms with Crippen LogP contribution in [0.5, 0.6) is 0 Å². The summed E-state index contributed by atoms with van der Waals surface area (Å²) in [6.45, 7) is 2.80. The van der Waals surface area contributed by atoms with Crippen LogP contribution in [0.4, 0.5) is 8.78 Å². The number of hydrogen-bond acceptors (Lipinski definition) is 3. The van der Waals surface area contributed by atoms with Crippen molar-refractivity contribution >= 4 is 5.97 Å². The Morgan fingerprint density at radius 1 is 0.893 bits per heavy atom. The zero-order valence-electron chi connectivity index (χ0n) is 15.8. The van der Waals surface area contributed by atoms with E-state index in [2.05, 4.69) is 5.32 Å². The van der Waals surface area contributed by atoms with E-state index in [9.17, 15) is 13.6 Å². The molecule has 3 aromatic carbocycles. The molecule has 0 aliphatic carbocycles. The summed E-state index contributed by atoms with van der Waals surface area (Å²) in [5.74, 6) is -1.59. The third kappa shape index (κ3) is 4.61. The van der Waals surface area contributed by atoms with Crippen LogP contribution in [-0.4, -0.2) is 13.1 Å². The van der Waals surface area contributed by atoms with Gasteiger partial charge in [-0.1, -0.05) is 30.3 Å². The van der Waals surface area contributed by atoms with Crippen molar-refractivity contribution < 1.29 is 18.3 Å². The van der Waals surface area contributed by atoms with Crippen LogP contribution >= 0.6 is 0 Å². The highest BCUT2D eigenvalue weighted by Gasteiger charge is 2.15. The van der Waals surface area contributed by atoms with E-state index >= 15 is 0 Å². The van der Waals surface area contributed by atoms with Crippen LogP contribution < -0.4 is 5.32 Å².